The van der Waals surface area contributed by atoms with Gasteiger partial charge in [-0.25, -0.2) is 0 Å². The van der Waals surface area contributed by atoms with Crippen LogP contribution in [0.5, 0.6) is 5.75 Å². The molecule has 3 aromatic rings. The summed E-state index contributed by atoms with van der Waals surface area (Å²) in [5.74, 6) is 0.659. The van der Waals surface area contributed by atoms with Gasteiger partial charge in [0.2, 0.25) is 5.91 Å². The summed E-state index contributed by atoms with van der Waals surface area (Å²) in [4.78, 5) is 28.8. The van der Waals surface area contributed by atoms with Gasteiger partial charge < -0.3 is 14.5 Å². The van der Waals surface area contributed by atoms with Gasteiger partial charge in [0, 0.05) is 25.6 Å². The summed E-state index contributed by atoms with van der Waals surface area (Å²) in [5, 5.41) is 0. The summed E-state index contributed by atoms with van der Waals surface area (Å²) in [5.41, 5.74) is 6.59. The molecule has 0 atom stereocenters. The number of ether oxygens (including phenoxy) is 1. The van der Waals surface area contributed by atoms with E-state index < -0.39 is 0 Å². The number of aldehydes is 1. The number of benzene rings is 3. The molecule has 0 N–H and O–H groups in total. The Bertz CT molecular complexity index is 1250. The molecule has 0 radical (unpaired) electrons. The number of hydrogen-bond acceptors (Lipinski definition) is 4. The maximum atomic E-state index is 13.1. The minimum absolute atomic E-state index is 0.119. The van der Waals surface area contributed by atoms with Crippen LogP contribution in [0, 0.1) is 0 Å². The van der Waals surface area contributed by atoms with Crippen LogP contribution in [0.3, 0.4) is 0 Å². The van der Waals surface area contributed by atoms with E-state index in [1.807, 2.05) is 17.0 Å². The van der Waals surface area contributed by atoms with Gasteiger partial charge in [-0.2, -0.15) is 0 Å². The molecule has 0 aliphatic carbocycles. The first kappa shape index (κ1) is 24.3. The topological polar surface area (TPSA) is 49.9 Å². The maximum absolute atomic E-state index is 13.1. The lowest BCUT2D eigenvalue weighted by molar-refractivity contribution is -0.118. The van der Waals surface area contributed by atoms with E-state index in [1.54, 1.807) is 7.11 Å². The Balaban J connectivity index is 1.21. The van der Waals surface area contributed by atoms with Gasteiger partial charge in [0.15, 0.2) is 6.29 Å². The molecule has 2 heterocycles. The highest BCUT2D eigenvalue weighted by Crippen LogP contribution is 2.40. The van der Waals surface area contributed by atoms with Crippen molar-refractivity contribution in [3.05, 3.63) is 83.4 Å². The number of fused-ring (bicyclic) bond motifs is 1. The third-order valence-electron chi connectivity index (χ3n) is 8.02. The molecule has 2 aliphatic rings. The molecule has 5 heteroatoms. The van der Waals surface area contributed by atoms with Crippen LogP contribution in [0.4, 0.5) is 5.69 Å². The smallest absolute Gasteiger partial charge is 0.228 e. The fraction of sp³-hybridized carbons (Fsp3) is 0.355. The van der Waals surface area contributed by atoms with Crippen molar-refractivity contribution in [1.82, 2.24) is 4.90 Å². The van der Waals surface area contributed by atoms with Gasteiger partial charge in [0.1, 0.15) is 5.75 Å². The first-order valence-corrected chi connectivity index (χ1v) is 12.9. The van der Waals surface area contributed by atoms with Gasteiger partial charge in [-0.1, -0.05) is 61.5 Å². The molecular formula is C31H34N2O3. The average molecular weight is 483 g/mol. The van der Waals surface area contributed by atoms with Crippen molar-refractivity contribution in [1.29, 1.82) is 0 Å². The summed E-state index contributed by atoms with van der Waals surface area (Å²) in [6.45, 7) is 5.79. The summed E-state index contributed by atoms with van der Waals surface area (Å²) >= 11 is 0. The van der Waals surface area contributed by atoms with Crippen molar-refractivity contribution in [2.75, 3.05) is 38.2 Å². The Kier molecular flexibility index (Phi) is 6.92. The van der Waals surface area contributed by atoms with E-state index in [-0.39, 0.29) is 11.3 Å². The second kappa shape index (κ2) is 10.3. The standard InChI is InChI=1S/C31H34N2O3/c1-31(27-11-7-6-10-26(27)23-8-4-3-5-9-23)14-18-32(19-15-31)16-13-30(35)33-17-12-24-20-25(22-34)29(36-2)21-28(24)33/h3-11,20-22H,12-19H2,1-2H3. The van der Waals surface area contributed by atoms with E-state index in [9.17, 15) is 9.59 Å². The second-order valence-corrected chi connectivity index (χ2v) is 10.2. The van der Waals surface area contributed by atoms with Gasteiger partial charge in [0.05, 0.1) is 18.4 Å². The highest BCUT2D eigenvalue weighted by molar-refractivity contribution is 5.97. The zero-order valence-electron chi connectivity index (χ0n) is 21.2. The summed E-state index contributed by atoms with van der Waals surface area (Å²) in [7, 11) is 1.55. The van der Waals surface area contributed by atoms with E-state index in [1.165, 1.54) is 16.7 Å². The molecule has 0 spiro atoms. The molecular weight excluding hydrogens is 448 g/mol. The van der Waals surface area contributed by atoms with Gasteiger partial charge in [-0.15, -0.1) is 0 Å². The van der Waals surface area contributed by atoms with Gasteiger partial charge in [-0.3, -0.25) is 9.59 Å². The van der Waals surface area contributed by atoms with Crippen LogP contribution in [0.2, 0.25) is 0 Å². The largest absolute Gasteiger partial charge is 0.496 e. The van der Waals surface area contributed by atoms with E-state index >= 15 is 0 Å². The molecule has 1 saturated heterocycles. The fourth-order valence-electron chi connectivity index (χ4n) is 5.77. The summed E-state index contributed by atoms with van der Waals surface area (Å²) in [6, 6.07) is 23.1. The molecule has 5 nitrogen and oxygen atoms in total. The number of carbonyl (C=O) groups excluding carboxylic acids is 2. The Hall–Kier alpha value is -3.44. The van der Waals surface area contributed by atoms with Crippen LogP contribution in [-0.4, -0.2) is 50.4 Å². The highest BCUT2D eigenvalue weighted by Gasteiger charge is 2.34. The molecule has 0 saturated carbocycles. The second-order valence-electron chi connectivity index (χ2n) is 10.2. The minimum atomic E-state index is 0.119. The minimum Gasteiger partial charge on any atom is -0.496 e. The molecule has 0 aromatic heterocycles. The van der Waals surface area contributed by atoms with Crippen LogP contribution in [0.25, 0.3) is 11.1 Å². The van der Waals surface area contributed by atoms with Crippen LogP contribution >= 0.6 is 0 Å². The number of anilines is 1. The number of hydrogen-bond donors (Lipinski definition) is 0. The van der Waals surface area contributed by atoms with Crippen LogP contribution < -0.4 is 9.64 Å². The Morgan fingerprint density at radius 2 is 1.72 bits per heavy atom. The predicted molar refractivity (Wildman–Crippen MR) is 144 cm³/mol. The number of nitrogens with zero attached hydrogens (tertiary/aromatic N) is 2. The molecule has 3 aromatic carbocycles. The van der Waals surface area contributed by atoms with Gasteiger partial charge in [-0.05, 0) is 66.1 Å². The van der Waals surface area contributed by atoms with Crippen LogP contribution in [0.1, 0.15) is 47.7 Å². The quantitative estimate of drug-likeness (QED) is 0.417. The molecule has 5 rings (SSSR count). The number of carbonyl (C=O) groups is 2. The fourth-order valence-corrected chi connectivity index (χ4v) is 5.77. The number of likely N-dealkylation sites (tertiary alicyclic amines) is 1. The molecule has 186 valence electrons. The predicted octanol–water partition coefficient (Wildman–Crippen LogP) is 5.51. The van der Waals surface area contributed by atoms with Crippen molar-refractivity contribution in [3.63, 3.8) is 0 Å². The maximum Gasteiger partial charge on any atom is 0.228 e. The first-order valence-electron chi connectivity index (χ1n) is 12.9. The van der Waals surface area contributed by atoms with Crippen LogP contribution in [-0.2, 0) is 16.6 Å². The Morgan fingerprint density at radius 1 is 1.00 bits per heavy atom. The van der Waals surface area contributed by atoms with Crippen molar-refractivity contribution >= 4 is 17.9 Å². The lowest BCUT2D eigenvalue weighted by atomic mass is 9.72. The monoisotopic (exact) mass is 482 g/mol. The van der Waals surface area contributed by atoms with Crippen LogP contribution in [0.15, 0.2) is 66.7 Å². The molecule has 1 fully saturated rings. The van der Waals surface area contributed by atoms with Crippen molar-refractivity contribution < 1.29 is 14.3 Å². The zero-order chi connectivity index (χ0) is 25.1. The number of piperidine rings is 1. The zero-order valence-corrected chi connectivity index (χ0v) is 21.2. The Labute approximate surface area is 213 Å². The van der Waals surface area contributed by atoms with Gasteiger partial charge >= 0.3 is 0 Å². The van der Waals surface area contributed by atoms with Gasteiger partial charge in [0.25, 0.3) is 0 Å². The third-order valence-corrected chi connectivity index (χ3v) is 8.02. The van der Waals surface area contributed by atoms with E-state index in [4.69, 9.17) is 4.74 Å². The molecule has 36 heavy (non-hydrogen) atoms. The number of amides is 1. The lowest BCUT2D eigenvalue weighted by Crippen LogP contribution is -2.42. The van der Waals surface area contributed by atoms with Crippen molar-refractivity contribution in [3.8, 4) is 16.9 Å². The molecule has 0 unspecified atom stereocenters. The first-order chi connectivity index (χ1) is 17.5. The normalized spacial score (nSPS) is 17.0. The Morgan fingerprint density at radius 3 is 2.44 bits per heavy atom. The number of methoxy groups -OCH3 is 1. The number of rotatable bonds is 7. The molecule has 0 bridgehead atoms. The average Bonchev–Trinajstić information content (AvgIpc) is 3.35. The lowest BCUT2D eigenvalue weighted by Gasteiger charge is -2.41. The summed E-state index contributed by atoms with van der Waals surface area (Å²) in [6.07, 6.45) is 4.22. The van der Waals surface area contributed by atoms with Crippen molar-refractivity contribution in [2.24, 2.45) is 0 Å². The van der Waals surface area contributed by atoms with E-state index in [0.29, 0.717) is 24.3 Å². The van der Waals surface area contributed by atoms with E-state index in [2.05, 4.69) is 66.4 Å². The molecule has 1 amide bonds. The van der Waals surface area contributed by atoms with E-state index in [0.717, 1.165) is 56.4 Å². The SMILES string of the molecule is COc1cc2c(cc1C=O)CCN2C(=O)CCN1CCC(C)(c2ccccc2-c2ccccc2)CC1. The highest BCUT2D eigenvalue weighted by atomic mass is 16.5. The molecule has 2 aliphatic heterocycles. The third kappa shape index (κ3) is 4.68. The van der Waals surface area contributed by atoms with Crippen molar-refractivity contribution in [2.45, 2.75) is 38.0 Å². The summed E-state index contributed by atoms with van der Waals surface area (Å²) < 4.78 is 5.36.